The highest BCUT2D eigenvalue weighted by Crippen LogP contribution is 2.26. The Hall–Kier alpha value is -3.75. The SMILES string of the molecule is CC(=O)NNC(=O)c1cc(C#N)cc(C)c1NC(=O)c1cc(Br)nn1-c1ncccc1Cl. The summed E-state index contributed by atoms with van der Waals surface area (Å²) in [7, 11) is 0. The molecule has 0 radical (unpaired) electrons. The number of nitrogens with zero attached hydrogens (tertiary/aromatic N) is 4. The van der Waals surface area contributed by atoms with Crippen molar-refractivity contribution in [2.45, 2.75) is 13.8 Å². The maximum atomic E-state index is 13.2. The average molecular weight is 517 g/mol. The highest BCUT2D eigenvalue weighted by molar-refractivity contribution is 9.10. The van der Waals surface area contributed by atoms with Crippen LogP contribution in [0.25, 0.3) is 5.82 Å². The first-order chi connectivity index (χ1) is 15.2. The number of halogens is 2. The molecule has 3 aromatic rings. The summed E-state index contributed by atoms with van der Waals surface area (Å²) >= 11 is 9.44. The maximum absolute atomic E-state index is 13.2. The molecule has 32 heavy (non-hydrogen) atoms. The summed E-state index contributed by atoms with van der Waals surface area (Å²) < 4.78 is 1.63. The Morgan fingerprint density at radius 3 is 2.59 bits per heavy atom. The number of aromatic nitrogens is 3. The van der Waals surface area contributed by atoms with E-state index in [4.69, 9.17) is 11.6 Å². The van der Waals surface area contributed by atoms with E-state index < -0.39 is 17.7 Å². The summed E-state index contributed by atoms with van der Waals surface area (Å²) in [6, 6.07) is 9.51. The fourth-order valence-corrected chi connectivity index (χ4v) is 3.37. The van der Waals surface area contributed by atoms with Gasteiger partial charge in [-0.2, -0.15) is 10.4 Å². The Bertz CT molecular complexity index is 1280. The van der Waals surface area contributed by atoms with Crippen LogP contribution in [-0.4, -0.2) is 32.5 Å². The van der Waals surface area contributed by atoms with E-state index in [9.17, 15) is 19.6 Å². The van der Waals surface area contributed by atoms with Gasteiger partial charge < -0.3 is 5.32 Å². The molecule has 162 valence electrons. The van der Waals surface area contributed by atoms with Gasteiger partial charge in [-0.1, -0.05) is 11.6 Å². The first kappa shape index (κ1) is 22.9. The van der Waals surface area contributed by atoms with Crippen molar-refractivity contribution in [2.75, 3.05) is 5.32 Å². The molecule has 2 aromatic heterocycles. The van der Waals surface area contributed by atoms with Gasteiger partial charge in [-0.15, -0.1) is 0 Å². The smallest absolute Gasteiger partial charge is 0.274 e. The van der Waals surface area contributed by atoms with Crippen LogP contribution in [0.15, 0.2) is 41.1 Å². The lowest BCUT2D eigenvalue weighted by atomic mass is 10.0. The molecule has 0 aliphatic heterocycles. The summed E-state index contributed by atoms with van der Waals surface area (Å²) in [5.74, 6) is -1.56. The Labute approximate surface area is 195 Å². The van der Waals surface area contributed by atoms with Gasteiger partial charge in [0.05, 0.1) is 27.9 Å². The molecule has 0 aliphatic carbocycles. The molecule has 0 unspecified atom stereocenters. The lowest BCUT2D eigenvalue weighted by Gasteiger charge is -2.15. The van der Waals surface area contributed by atoms with Crippen molar-refractivity contribution < 1.29 is 14.4 Å². The molecule has 0 atom stereocenters. The van der Waals surface area contributed by atoms with Gasteiger partial charge in [0.2, 0.25) is 5.91 Å². The van der Waals surface area contributed by atoms with Crippen LogP contribution in [0, 0.1) is 18.3 Å². The minimum Gasteiger partial charge on any atom is -0.320 e. The van der Waals surface area contributed by atoms with Gasteiger partial charge in [0.15, 0.2) is 5.82 Å². The summed E-state index contributed by atoms with van der Waals surface area (Å²) in [5, 5.41) is 16.4. The highest BCUT2D eigenvalue weighted by atomic mass is 79.9. The number of carbonyl (C=O) groups is 3. The molecular formula is C20H15BrClN7O3. The van der Waals surface area contributed by atoms with Crippen LogP contribution in [0.5, 0.6) is 0 Å². The third-order valence-electron chi connectivity index (χ3n) is 4.15. The Kier molecular flexibility index (Phi) is 6.87. The lowest BCUT2D eigenvalue weighted by molar-refractivity contribution is -0.119. The summed E-state index contributed by atoms with van der Waals surface area (Å²) in [6.45, 7) is 2.86. The van der Waals surface area contributed by atoms with Gasteiger partial charge in [0.25, 0.3) is 11.8 Å². The van der Waals surface area contributed by atoms with Crippen molar-refractivity contribution in [3.05, 3.63) is 68.5 Å². The maximum Gasteiger partial charge on any atom is 0.274 e. The molecule has 3 amide bonds. The fraction of sp³-hybridized carbons (Fsp3) is 0.100. The highest BCUT2D eigenvalue weighted by Gasteiger charge is 2.22. The van der Waals surface area contributed by atoms with Crippen LogP contribution in [0.1, 0.15) is 38.9 Å². The number of hydrazine groups is 1. The summed E-state index contributed by atoms with van der Waals surface area (Å²) in [6.07, 6.45) is 1.51. The normalized spacial score (nSPS) is 10.2. The Morgan fingerprint density at radius 2 is 1.94 bits per heavy atom. The van der Waals surface area contributed by atoms with E-state index in [1.165, 1.54) is 36.0 Å². The molecule has 1 aromatic carbocycles. The number of aryl methyl sites for hydroxylation is 1. The molecule has 10 nitrogen and oxygen atoms in total. The minimum atomic E-state index is -0.710. The average Bonchev–Trinajstić information content (AvgIpc) is 3.14. The molecule has 3 N–H and O–H groups in total. The van der Waals surface area contributed by atoms with E-state index in [1.807, 2.05) is 6.07 Å². The molecule has 0 spiro atoms. The predicted molar refractivity (Wildman–Crippen MR) is 119 cm³/mol. The van der Waals surface area contributed by atoms with Gasteiger partial charge in [0, 0.05) is 19.2 Å². The fourth-order valence-electron chi connectivity index (χ4n) is 2.80. The summed E-state index contributed by atoms with van der Waals surface area (Å²) in [4.78, 5) is 41.1. The number of amides is 3. The van der Waals surface area contributed by atoms with E-state index in [0.29, 0.717) is 10.2 Å². The first-order valence-corrected chi connectivity index (χ1v) is 10.2. The molecule has 0 fully saturated rings. The predicted octanol–water partition coefficient (Wildman–Crippen LogP) is 2.90. The zero-order chi connectivity index (χ0) is 23.4. The first-order valence-electron chi connectivity index (χ1n) is 9.00. The standard InChI is InChI=1S/C20H15BrClN7O3/c1-10-6-12(9-23)7-13(19(31)27-26-11(2)30)17(10)25-20(32)15-8-16(21)28-29(15)18-14(22)4-3-5-24-18/h3-8H,1-2H3,(H,25,32)(H,26,30)(H,27,31). The van der Waals surface area contributed by atoms with E-state index in [-0.39, 0.29) is 33.3 Å². The van der Waals surface area contributed by atoms with Crippen molar-refractivity contribution in [3.63, 3.8) is 0 Å². The zero-order valence-electron chi connectivity index (χ0n) is 16.7. The molecule has 0 bridgehead atoms. The number of nitriles is 1. The second kappa shape index (κ2) is 9.59. The molecule has 0 saturated heterocycles. The molecule has 0 saturated carbocycles. The third-order valence-corrected chi connectivity index (χ3v) is 4.83. The third kappa shape index (κ3) is 4.93. The number of carbonyl (C=O) groups excluding carboxylic acids is 3. The minimum absolute atomic E-state index is 0.00958. The monoisotopic (exact) mass is 515 g/mol. The number of anilines is 1. The number of pyridine rings is 1. The van der Waals surface area contributed by atoms with Gasteiger partial charge in [-0.25, -0.2) is 9.67 Å². The second-order valence-electron chi connectivity index (χ2n) is 6.49. The molecule has 3 rings (SSSR count). The van der Waals surface area contributed by atoms with Gasteiger partial charge in [-0.05, 0) is 52.7 Å². The largest absolute Gasteiger partial charge is 0.320 e. The van der Waals surface area contributed by atoms with Crippen molar-refractivity contribution >= 4 is 50.9 Å². The topological polar surface area (TPSA) is 142 Å². The van der Waals surface area contributed by atoms with Crippen molar-refractivity contribution in [1.82, 2.24) is 25.6 Å². The van der Waals surface area contributed by atoms with Gasteiger partial charge >= 0.3 is 0 Å². The van der Waals surface area contributed by atoms with Crippen molar-refractivity contribution in [1.29, 1.82) is 5.26 Å². The Balaban J connectivity index is 2.02. The van der Waals surface area contributed by atoms with Crippen LogP contribution in [0.2, 0.25) is 5.02 Å². The second-order valence-corrected chi connectivity index (χ2v) is 7.71. The molecule has 0 aliphatic rings. The zero-order valence-corrected chi connectivity index (χ0v) is 19.1. The van der Waals surface area contributed by atoms with E-state index in [1.54, 1.807) is 19.1 Å². The van der Waals surface area contributed by atoms with E-state index in [2.05, 4.69) is 42.2 Å². The van der Waals surface area contributed by atoms with Crippen molar-refractivity contribution in [2.24, 2.45) is 0 Å². The number of rotatable bonds is 4. The molecule has 12 heteroatoms. The van der Waals surface area contributed by atoms with Crippen LogP contribution in [0.4, 0.5) is 5.69 Å². The quantitative estimate of drug-likeness (QED) is 0.455. The van der Waals surface area contributed by atoms with Crippen LogP contribution >= 0.6 is 27.5 Å². The van der Waals surface area contributed by atoms with Crippen LogP contribution < -0.4 is 16.2 Å². The number of nitrogens with one attached hydrogen (secondary N) is 3. The molecular weight excluding hydrogens is 502 g/mol. The summed E-state index contributed by atoms with van der Waals surface area (Å²) in [5.41, 5.74) is 5.32. The number of benzene rings is 1. The molecule has 2 heterocycles. The Morgan fingerprint density at radius 1 is 1.19 bits per heavy atom. The number of hydrogen-bond donors (Lipinski definition) is 3. The van der Waals surface area contributed by atoms with Gasteiger partial charge in [-0.3, -0.25) is 25.2 Å². The lowest BCUT2D eigenvalue weighted by Crippen LogP contribution is -2.40. The van der Waals surface area contributed by atoms with Crippen LogP contribution in [0.3, 0.4) is 0 Å². The number of hydrogen-bond acceptors (Lipinski definition) is 6. The van der Waals surface area contributed by atoms with E-state index in [0.717, 1.165) is 0 Å². The van der Waals surface area contributed by atoms with E-state index >= 15 is 0 Å². The van der Waals surface area contributed by atoms with Crippen molar-refractivity contribution in [3.8, 4) is 11.9 Å². The van der Waals surface area contributed by atoms with Crippen LogP contribution in [-0.2, 0) is 4.79 Å². The van der Waals surface area contributed by atoms with Gasteiger partial charge in [0.1, 0.15) is 10.3 Å².